The SMILES string of the molecule is CC(C)C(=O)c1c(O)c2c(c3c1OC(C(C)(C)O)C3)OC(C(C)(C)O)C2. The number of fused-ring (bicyclic) bond motifs is 3. The van der Waals surface area contributed by atoms with Crippen LogP contribution in [0.1, 0.15) is 63.0 Å². The summed E-state index contributed by atoms with van der Waals surface area (Å²) in [5, 5.41) is 31.5. The topological polar surface area (TPSA) is 96.2 Å². The fraction of sp³-hybridized carbons (Fsp3) is 0.650. The molecule has 0 radical (unpaired) electrons. The largest absolute Gasteiger partial charge is 0.507 e. The number of carbonyl (C=O) groups excluding carboxylic acids is 1. The zero-order valence-corrected chi connectivity index (χ0v) is 16.2. The van der Waals surface area contributed by atoms with Crippen molar-refractivity contribution in [3.63, 3.8) is 0 Å². The highest BCUT2D eigenvalue weighted by Crippen LogP contribution is 2.52. The molecule has 3 rings (SSSR count). The molecule has 0 spiro atoms. The number of hydrogen-bond donors (Lipinski definition) is 3. The van der Waals surface area contributed by atoms with Gasteiger partial charge in [-0.3, -0.25) is 4.79 Å². The van der Waals surface area contributed by atoms with Crippen LogP contribution in [0.2, 0.25) is 0 Å². The van der Waals surface area contributed by atoms with E-state index in [-0.39, 0.29) is 23.0 Å². The lowest BCUT2D eigenvalue weighted by atomic mass is 9.89. The van der Waals surface area contributed by atoms with Crippen LogP contribution in [-0.4, -0.2) is 44.5 Å². The lowest BCUT2D eigenvalue weighted by molar-refractivity contribution is -0.0253. The minimum atomic E-state index is -1.12. The van der Waals surface area contributed by atoms with Crippen LogP contribution in [0, 0.1) is 5.92 Å². The molecule has 6 heteroatoms. The maximum atomic E-state index is 12.8. The van der Waals surface area contributed by atoms with Crippen molar-refractivity contribution in [2.45, 2.75) is 77.8 Å². The third kappa shape index (κ3) is 2.95. The van der Waals surface area contributed by atoms with Gasteiger partial charge in [0.05, 0.1) is 11.2 Å². The zero-order chi connectivity index (χ0) is 19.6. The van der Waals surface area contributed by atoms with E-state index in [1.54, 1.807) is 41.5 Å². The van der Waals surface area contributed by atoms with E-state index < -0.39 is 23.4 Å². The van der Waals surface area contributed by atoms with Gasteiger partial charge in [-0.1, -0.05) is 13.8 Å². The third-order valence-corrected chi connectivity index (χ3v) is 5.22. The quantitative estimate of drug-likeness (QED) is 0.710. The standard InChI is InChI=1S/C20H28O6/c1-9(2)15(21)14-16(22)10-7-12(19(3,4)23)25-17(10)11-8-13(20(5,6)24)26-18(11)14/h9,12-13,22-24H,7-8H2,1-6H3. The molecule has 0 aromatic heterocycles. The van der Waals surface area contributed by atoms with Crippen LogP contribution in [-0.2, 0) is 12.8 Å². The lowest BCUT2D eigenvalue weighted by Gasteiger charge is -2.25. The molecule has 0 amide bonds. The maximum Gasteiger partial charge on any atom is 0.172 e. The predicted octanol–water partition coefficient (Wildman–Crippen LogP) is 2.38. The summed E-state index contributed by atoms with van der Waals surface area (Å²) in [5.74, 6) is 0.0886. The molecular formula is C20H28O6. The molecule has 0 saturated carbocycles. The maximum absolute atomic E-state index is 12.8. The summed E-state index contributed by atoms with van der Waals surface area (Å²) in [7, 11) is 0. The number of ether oxygens (including phenoxy) is 2. The van der Waals surface area contributed by atoms with E-state index >= 15 is 0 Å². The van der Waals surface area contributed by atoms with Gasteiger partial charge in [0.1, 0.15) is 35.0 Å². The molecule has 2 heterocycles. The third-order valence-electron chi connectivity index (χ3n) is 5.22. The number of phenols is 1. The fourth-order valence-electron chi connectivity index (χ4n) is 3.49. The average Bonchev–Trinajstić information content (AvgIpc) is 3.09. The molecule has 144 valence electrons. The molecule has 3 N–H and O–H groups in total. The number of carbonyl (C=O) groups is 1. The second-order valence-electron chi connectivity index (χ2n) is 8.79. The van der Waals surface area contributed by atoms with Crippen molar-refractivity contribution < 1.29 is 29.6 Å². The molecular weight excluding hydrogens is 336 g/mol. The van der Waals surface area contributed by atoms with E-state index in [1.807, 2.05) is 0 Å². The Balaban J connectivity index is 2.17. The van der Waals surface area contributed by atoms with Gasteiger partial charge in [0, 0.05) is 29.9 Å². The Morgan fingerprint density at radius 2 is 1.42 bits per heavy atom. The first-order valence-corrected chi connectivity index (χ1v) is 9.05. The molecule has 0 aliphatic carbocycles. The van der Waals surface area contributed by atoms with Crippen LogP contribution >= 0.6 is 0 Å². The molecule has 1 aromatic rings. The van der Waals surface area contributed by atoms with Gasteiger partial charge in [0.15, 0.2) is 5.78 Å². The Hall–Kier alpha value is -1.79. The Labute approximate surface area is 153 Å². The first-order chi connectivity index (χ1) is 11.8. The van der Waals surface area contributed by atoms with E-state index in [1.165, 1.54) is 0 Å². The van der Waals surface area contributed by atoms with Crippen molar-refractivity contribution in [2.24, 2.45) is 5.92 Å². The van der Waals surface area contributed by atoms with Gasteiger partial charge in [-0.2, -0.15) is 0 Å². The summed E-state index contributed by atoms with van der Waals surface area (Å²) < 4.78 is 11.9. The predicted molar refractivity (Wildman–Crippen MR) is 96.1 cm³/mol. The summed E-state index contributed by atoms with van der Waals surface area (Å²) >= 11 is 0. The Bertz CT molecular complexity index is 751. The van der Waals surface area contributed by atoms with Gasteiger partial charge in [-0.15, -0.1) is 0 Å². The molecule has 2 atom stereocenters. The minimum absolute atomic E-state index is 0.138. The monoisotopic (exact) mass is 364 g/mol. The zero-order valence-electron chi connectivity index (χ0n) is 16.2. The van der Waals surface area contributed by atoms with Crippen molar-refractivity contribution in [1.82, 2.24) is 0 Å². The summed E-state index contributed by atoms with van der Waals surface area (Å²) in [6.07, 6.45) is -0.396. The Morgan fingerprint density at radius 3 is 1.88 bits per heavy atom. The highest BCUT2D eigenvalue weighted by molar-refractivity contribution is 6.04. The molecule has 2 unspecified atom stereocenters. The van der Waals surface area contributed by atoms with Crippen molar-refractivity contribution >= 4 is 5.78 Å². The number of aliphatic hydroxyl groups is 2. The highest BCUT2D eigenvalue weighted by atomic mass is 16.5. The lowest BCUT2D eigenvalue weighted by Crippen LogP contribution is -2.39. The van der Waals surface area contributed by atoms with Gasteiger partial charge in [0.25, 0.3) is 0 Å². The summed E-state index contributed by atoms with van der Waals surface area (Å²) in [5.41, 5.74) is -0.857. The van der Waals surface area contributed by atoms with Gasteiger partial charge in [-0.05, 0) is 27.7 Å². The molecule has 2 aliphatic heterocycles. The molecule has 0 fully saturated rings. The number of hydrogen-bond acceptors (Lipinski definition) is 6. The van der Waals surface area contributed by atoms with Crippen molar-refractivity contribution in [3.05, 3.63) is 16.7 Å². The van der Waals surface area contributed by atoms with E-state index in [0.29, 0.717) is 35.5 Å². The summed E-state index contributed by atoms with van der Waals surface area (Å²) in [6.45, 7) is 10.1. The van der Waals surface area contributed by atoms with E-state index in [0.717, 1.165) is 0 Å². The normalized spacial score (nSPS) is 22.0. The second-order valence-corrected chi connectivity index (χ2v) is 8.79. The number of phenolic OH excluding ortho intramolecular Hbond substituents is 1. The van der Waals surface area contributed by atoms with Crippen LogP contribution in [0.3, 0.4) is 0 Å². The number of aromatic hydroxyl groups is 1. The van der Waals surface area contributed by atoms with E-state index in [2.05, 4.69) is 0 Å². The fourth-order valence-corrected chi connectivity index (χ4v) is 3.49. The van der Waals surface area contributed by atoms with Crippen molar-refractivity contribution in [1.29, 1.82) is 0 Å². The summed E-state index contributed by atoms with van der Waals surface area (Å²) in [4.78, 5) is 12.8. The van der Waals surface area contributed by atoms with Crippen LogP contribution in [0.25, 0.3) is 0 Å². The Kier molecular flexibility index (Phi) is 4.28. The first kappa shape index (κ1) is 19.0. The molecule has 6 nitrogen and oxygen atoms in total. The minimum Gasteiger partial charge on any atom is -0.507 e. The number of Topliss-reactive ketones (excluding diaryl/α,β-unsaturated/α-hetero) is 1. The van der Waals surface area contributed by atoms with Gasteiger partial charge < -0.3 is 24.8 Å². The molecule has 26 heavy (non-hydrogen) atoms. The number of ketones is 1. The van der Waals surface area contributed by atoms with Crippen LogP contribution < -0.4 is 9.47 Å². The van der Waals surface area contributed by atoms with Crippen LogP contribution in [0.15, 0.2) is 0 Å². The second kappa shape index (κ2) is 5.86. The van der Waals surface area contributed by atoms with Crippen LogP contribution in [0.4, 0.5) is 0 Å². The van der Waals surface area contributed by atoms with Gasteiger partial charge in [-0.25, -0.2) is 0 Å². The van der Waals surface area contributed by atoms with E-state index in [4.69, 9.17) is 9.47 Å². The molecule has 1 aromatic carbocycles. The first-order valence-electron chi connectivity index (χ1n) is 9.05. The molecule has 0 saturated heterocycles. The average molecular weight is 364 g/mol. The highest BCUT2D eigenvalue weighted by Gasteiger charge is 2.46. The number of benzene rings is 1. The van der Waals surface area contributed by atoms with Crippen molar-refractivity contribution in [3.8, 4) is 17.2 Å². The van der Waals surface area contributed by atoms with Crippen molar-refractivity contribution in [2.75, 3.05) is 0 Å². The van der Waals surface area contributed by atoms with Gasteiger partial charge >= 0.3 is 0 Å². The molecule has 0 bridgehead atoms. The smallest absolute Gasteiger partial charge is 0.172 e. The van der Waals surface area contributed by atoms with E-state index in [9.17, 15) is 20.1 Å². The van der Waals surface area contributed by atoms with Gasteiger partial charge in [0.2, 0.25) is 0 Å². The van der Waals surface area contributed by atoms with Crippen LogP contribution in [0.5, 0.6) is 17.2 Å². The summed E-state index contributed by atoms with van der Waals surface area (Å²) in [6, 6.07) is 0. The number of rotatable bonds is 4. The molecule has 2 aliphatic rings. The Morgan fingerprint density at radius 1 is 0.962 bits per heavy atom.